The van der Waals surface area contributed by atoms with Gasteiger partial charge in [-0.2, -0.15) is 0 Å². The van der Waals surface area contributed by atoms with Gasteiger partial charge in [-0.1, -0.05) is 49.8 Å². The summed E-state index contributed by atoms with van der Waals surface area (Å²) in [7, 11) is 0. The van der Waals surface area contributed by atoms with E-state index in [2.05, 4.69) is 10.2 Å². The van der Waals surface area contributed by atoms with Crippen LogP contribution in [0.25, 0.3) is 0 Å². The Bertz CT molecular complexity index is 594. The lowest BCUT2D eigenvalue weighted by atomic mass is 9.93. The standard InChI is InChI=1S/C21H30ClFN2O/c22-18-9-8-17(20(23)14-18)15-25-12-10-16(11-13-25)21(26)24-19-6-4-2-1-3-5-7-19/h8-9,14,16,19H,1-7,10-13,15H2,(H,24,26). The monoisotopic (exact) mass is 380 g/mol. The molecular weight excluding hydrogens is 351 g/mol. The van der Waals surface area contributed by atoms with Crippen molar-refractivity contribution in [3.05, 3.63) is 34.6 Å². The van der Waals surface area contributed by atoms with Crippen LogP contribution in [-0.4, -0.2) is 29.9 Å². The van der Waals surface area contributed by atoms with Gasteiger partial charge in [0.2, 0.25) is 5.91 Å². The summed E-state index contributed by atoms with van der Waals surface area (Å²) in [5, 5.41) is 3.73. The maximum absolute atomic E-state index is 14.0. The molecule has 0 unspecified atom stereocenters. The van der Waals surface area contributed by atoms with Gasteiger partial charge in [-0.25, -0.2) is 4.39 Å². The van der Waals surface area contributed by atoms with E-state index in [-0.39, 0.29) is 17.6 Å². The van der Waals surface area contributed by atoms with Gasteiger partial charge in [0.25, 0.3) is 0 Å². The minimum absolute atomic E-state index is 0.103. The second-order valence-electron chi connectivity index (χ2n) is 7.84. The molecule has 0 atom stereocenters. The van der Waals surface area contributed by atoms with E-state index in [1.54, 1.807) is 12.1 Å². The van der Waals surface area contributed by atoms with Gasteiger partial charge in [-0.15, -0.1) is 0 Å². The number of hydrogen-bond acceptors (Lipinski definition) is 2. The van der Waals surface area contributed by atoms with Crippen LogP contribution in [0.1, 0.15) is 63.4 Å². The topological polar surface area (TPSA) is 32.3 Å². The summed E-state index contributed by atoms with van der Waals surface area (Å²) in [6.07, 6.45) is 10.4. The highest BCUT2D eigenvalue weighted by atomic mass is 35.5. The molecule has 2 aliphatic rings. The van der Waals surface area contributed by atoms with Crippen molar-refractivity contribution in [1.82, 2.24) is 10.2 Å². The zero-order valence-electron chi connectivity index (χ0n) is 15.5. The number of benzene rings is 1. The summed E-state index contributed by atoms with van der Waals surface area (Å²) in [5.41, 5.74) is 0.673. The van der Waals surface area contributed by atoms with Crippen LogP contribution in [-0.2, 0) is 11.3 Å². The molecule has 26 heavy (non-hydrogen) atoms. The molecule has 1 aliphatic carbocycles. The van der Waals surface area contributed by atoms with E-state index in [1.165, 1.54) is 38.2 Å². The Kier molecular flexibility index (Phi) is 7.32. The highest BCUT2D eigenvalue weighted by molar-refractivity contribution is 6.30. The fourth-order valence-corrected chi connectivity index (χ4v) is 4.32. The first kappa shape index (κ1) is 19.6. The largest absolute Gasteiger partial charge is 0.353 e. The van der Waals surface area contributed by atoms with Crippen molar-refractivity contribution < 1.29 is 9.18 Å². The third-order valence-electron chi connectivity index (χ3n) is 5.82. The molecule has 2 fully saturated rings. The molecule has 3 nitrogen and oxygen atoms in total. The molecule has 1 saturated heterocycles. The predicted molar refractivity (Wildman–Crippen MR) is 104 cm³/mol. The van der Waals surface area contributed by atoms with E-state index in [0.29, 0.717) is 23.2 Å². The van der Waals surface area contributed by atoms with Crippen molar-refractivity contribution in [1.29, 1.82) is 0 Å². The SMILES string of the molecule is O=C(NC1CCCCCCC1)C1CCN(Cc2ccc(Cl)cc2F)CC1. The molecule has 1 heterocycles. The number of halogens is 2. The first-order valence-electron chi connectivity index (χ1n) is 10.1. The minimum Gasteiger partial charge on any atom is -0.353 e. The lowest BCUT2D eigenvalue weighted by Gasteiger charge is -2.32. The number of piperidine rings is 1. The zero-order valence-corrected chi connectivity index (χ0v) is 16.2. The Morgan fingerprint density at radius 3 is 2.38 bits per heavy atom. The number of rotatable bonds is 4. The van der Waals surface area contributed by atoms with Gasteiger partial charge in [0.05, 0.1) is 0 Å². The molecule has 0 spiro atoms. The van der Waals surface area contributed by atoms with Crippen LogP contribution in [0, 0.1) is 11.7 Å². The van der Waals surface area contributed by atoms with Gasteiger partial charge in [0.1, 0.15) is 5.82 Å². The van der Waals surface area contributed by atoms with Crippen molar-refractivity contribution in [2.24, 2.45) is 5.92 Å². The molecule has 5 heteroatoms. The molecule has 1 aliphatic heterocycles. The van der Waals surface area contributed by atoms with Gasteiger partial charge in [-0.05, 0) is 50.9 Å². The van der Waals surface area contributed by atoms with Gasteiger partial charge in [0, 0.05) is 29.1 Å². The molecule has 0 aromatic heterocycles. The van der Waals surface area contributed by atoms with Crippen molar-refractivity contribution in [2.45, 2.75) is 70.4 Å². The molecule has 0 radical (unpaired) electrons. The third-order valence-corrected chi connectivity index (χ3v) is 6.05. The maximum Gasteiger partial charge on any atom is 0.223 e. The van der Waals surface area contributed by atoms with Crippen LogP contribution in [0.2, 0.25) is 5.02 Å². The number of carbonyl (C=O) groups excluding carboxylic acids is 1. The molecule has 1 aromatic carbocycles. The number of carbonyl (C=O) groups is 1. The molecular formula is C21H30ClFN2O. The van der Waals surface area contributed by atoms with Gasteiger partial charge in [0.15, 0.2) is 0 Å². The Morgan fingerprint density at radius 1 is 1.08 bits per heavy atom. The summed E-state index contributed by atoms with van der Waals surface area (Å²) in [5.74, 6) is 0.0845. The van der Waals surface area contributed by atoms with Gasteiger partial charge >= 0.3 is 0 Å². The van der Waals surface area contributed by atoms with Crippen LogP contribution in [0.4, 0.5) is 4.39 Å². The summed E-state index contributed by atoms with van der Waals surface area (Å²) in [4.78, 5) is 14.8. The number of hydrogen-bond donors (Lipinski definition) is 1. The minimum atomic E-state index is -0.248. The third kappa shape index (κ3) is 5.68. The average molecular weight is 381 g/mol. The summed E-state index contributed by atoms with van der Waals surface area (Å²) in [6.45, 7) is 2.26. The van der Waals surface area contributed by atoms with Crippen molar-refractivity contribution in [3.8, 4) is 0 Å². The van der Waals surface area contributed by atoms with Crippen LogP contribution < -0.4 is 5.32 Å². The van der Waals surface area contributed by atoms with E-state index >= 15 is 0 Å². The average Bonchev–Trinajstić information content (AvgIpc) is 2.60. The number of amides is 1. The predicted octanol–water partition coefficient (Wildman–Crippen LogP) is 4.92. The number of likely N-dealkylation sites (tertiary alicyclic amines) is 1. The second kappa shape index (κ2) is 9.70. The van der Waals surface area contributed by atoms with Crippen LogP contribution in [0.3, 0.4) is 0 Å². The van der Waals surface area contributed by atoms with Gasteiger partial charge < -0.3 is 5.32 Å². The molecule has 0 bridgehead atoms. The summed E-state index contributed by atoms with van der Waals surface area (Å²) >= 11 is 5.81. The highest BCUT2D eigenvalue weighted by Crippen LogP contribution is 2.23. The van der Waals surface area contributed by atoms with Crippen LogP contribution in [0.5, 0.6) is 0 Å². The Labute approximate surface area is 161 Å². The van der Waals surface area contributed by atoms with Crippen LogP contribution in [0.15, 0.2) is 18.2 Å². The lowest BCUT2D eigenvalue weighted by Crippen LogP contribution is -2.43. The summed E-state index contributed by atoms with van der Waals surface area (Å²) < 4.78 is 14.0. The Morgan fingerprint density at radius 2 is 1.73 bits per heavy atom. The molecule has 144 valence electrons. The molecule has 1 N–H and O–H groups in total. The van der Waals surface area contributed by atoms with E-state index in [1.807, 2.05) is 0 Å². The van der Waals surface area contributed by atoms with Crippen LogP contribution >= 0.6 is 11.6 Å². The van der Waals surface area contributed by atoms with E-state index < -0.39 is 0 Å². The Balaban J connectivity index is 1.44. The highest BCUT2D eigenvalue weighted by Gasteiger charge is 2.27. The normalized spacial score (nSPS) is 21.2. The number of nitrogens with zero attached hydrogens (tertiary/aromatic N) is 1. The molecule has 1 amide bonds. The van der Waals surface area contributed by atoms with Crippen molar-refractivity contribution in [2.75, 3.05) is 13.1 Å². The quantitative estimate of drug-likeness (QED) is 0.804. The van der Waals surface area contributed by atoms with Crippen molar-refractivity contribution in [3.63, 3.8) is 0 Å². The first-order chi connectivity index (χ1) is 12.6. The van der Waals surface area contributed by atoms with Gasteiger partial charge in [-0.3, -0.25) is 9.69 Å². The van der Waals surface area contributed by atoms with Crippen molar-refractivity contribution >= 4 is 17.5 Å². The molecule has 1 saturated carbocycles. The maximum atomic E-state index is 14.0. The fraction of sp³-hybridized carbons (Fsp3) is 0.667. The fourth-order valence-electron chi connectivity index (χ4n) is 4.16. The zero-order chi connectivity index (χ0) is 18.4. The first-order valence-corrected chi connectivity index (χ1v) is 10.5. The lowest BCUT2D eigenvalue weighted by molar-refractivity contribution is -0.127. The second-order valence-corrected chi connectivity index (χ2v) is 8.27. The molecule has 1 aromatic rings. The van der Waals surface area contributed by atoms with E-state index in [0.717, 1.165) is 38.8 Å². The summed E-state index contributed by atoms with van der Waals surface area (Å²) in [6, 6.07) is 5.22. The number of nitrogens with one attached hydrogen (secondary N) is 1. The van der Waals surface area contributed by atoms with E-state index in [9.17, 15) is 9.18 Å². The molecule has 3 rings (SSSR count). The van der Waals surface area contributed by atoms with E-state index in [4.69, 9.17) is 11.6 Å². The Hall–Kier alpha value is -1.13. The smallest absolute Gasteiger partial charge is 0.223 e.